The number of halogens is 1. The fraction of sp³-hybridized carbons (Fsp3) is 0.100. The summed E-state index contributed by atoms with van der Waals surface area (Å²) in [4.78, 5) is 0. The molecule has 0 radical (unpaired) electrons. The summed E-state index contributed by atoms with van der Waals surface area (Å²) in [7, 11) is 0. The van der Waals surface area contributed by atoms with Crippen molar-refractivity contribution in [3.63, 3.8) is 0 Å². The summed E-state index contributed by atoms with van der Waals surface area (Å²) in [6, 6.07) is 8.02. The van der Waals surface area contributed by atoms with Gasteiger partial charge in [0.2, 0.25) is 0 Å². The Morgan fingerprint density at radius 2 is 2.36 bits per heavy atom. The minimum Gasteiger partial charge on any atom is -0.486 e. The molecule has 14 heavy (non-hydrogen) atoms. The van der Waals surface area contributed by atoms with Crippen molar-refractivity contribution in [2.24, 2.45) is 0 Å². The molecule has 0 bridgehead atoms. The Labute approximate surface area is 90.2 Å². The zero-order chi connectivity index (χ0) is 9.80. The Balaban J connectivity index is 1.98. The maximum atomic E-state index is 5.47. The molecule has 0 atom stereocenters. The topological polar surface area (TPSA) is 37.9 Å². The number of aromatic amines is 1. The molecule has 4 heteroatoms. The highest BCUT2D eigenvalue weighted by molar-refractivity contribution is 9.10. The summed E-state index contributed by atoms with van der Waals surface area (Å²) in [5.41, 5.74) is 1.13. The van der Waals surface area contributed by atoms with Gasteiger partial charge in [-0.3, -0.25) is 5.10 Å². The Hall–Kier alpha value is -1.29. The molecule has 0 saturated carbocycles. The molecule has 0 aliphatic rings. The third-order valence-corrected chi connectivity index (χ3v) is 2.26. The molecular weight excluding hydrogens is 244 g/mol. The zero-order valence-corrected chi connectivity index (χ0v) is 8.99. The second kappa shape index (κ2) is 4.28. The molecule has 0 fully saturated rings. The van der Waals surface area contributed by atoms with Gasteiger partial charge in [0.05, 0.1) is 12.4 Å². The molecular formula is C10H9BrN2O. The normalized spacial score (nSPS) is 10.1. The summed E-state index contributed by atoms with van der Waals surface area (Å²) >= 11 is 3.41. The molecule has 2 rings (SSSR count). The lowest BCUT2D eigenvalue weighted by Gasteiger charge is -2.03. The maximum absolute atomic E-state index is 5.47. The minimum absolute atomic E-state index is 0.555. The van der Waals surface area contributed by atoms with Crippen molar-refractivity contribution in [1.29, 1.82) is 0 Å². The maximum Gasteiger partial charge on any atom is 0.157 e. The van der Waals surface area contributed by atoms with E-state index in [0.717, 1.165) is 15.8 Å². The molecule has 72 valence electrons. The molecule has 0 aliphatic heterocycles. The first-order chi connectivity index (χ1) is 6.84. The predicted octanol–water partition coefficient (Wildman–Crippen LogP) is 2.75. The Bertz CT molecular complexity index is 400. The van der Waals surface area contributed by atoms with Gasteiger partial charge in [-0.1, -0.05) is 28.1 Å². The summed E-state index contributed by atoms with van der Waals surface area (Å²) in [6.07, 6.45) is 3.37. The van der Waals surface area contributed by atoms with Gasteiger partial charge in [0.15, 0.2) is 5.75 Å². The van der Waals surface area contributed by atoms with Crippen LogP contribution < -0.4 is 4.74 Å². The number of nitrogens with one attached hydrogen (secondary N) is 1. The number of ether oxygens (including phenoxy) is 1. The van der Waals surface area contributed by atoms with Gasteiger partial charge in [0, 0.05) is 4.47 Å². The lowest BCUT2D eigenvalue weighted by Crippen LogP contribution is -1.93. The second-order valence-electron chi connectivity index (χ2n) is 2.85. The van der Waals surface area contributed by atoms with Crippen molar-refractivity contribution in [1.82, 2.24) is 10.2 Å². The molecule has 0 amide bonds. The standard InChI is InChI=1S/C10H9BrN2O/c11-9-3-1-2-8(4-9)7-14-10-5-12-13-6-10/h1-6H,7H2,(H,12,13). The summed E-state index contributed by atoms with van der Waals surface area (Å²) < 4.78 is 6.53. The number of H-pyrrole nitrogens is 1. The van der Waals surface area contributed by atoms with E-state index in [0.29, 0.717) is 6.61 Å². The average Bonchev–Trinajstić information content (AvgIpc) is 2.67. The first kappa shape index (κ1) is 9.27. The zero-order valence-electron chi connectivity index (χ0n) is 7.40. The van der Waals surface area contributed by atoms with Crippen LogP contribution >= 0.6 is 15.9 Å². The average molecular weight is 253 g/mol. The first-order valence-corrected chi connectivity index (χ1v) is 5.00. The lowest BCUT2D eigenvalue weighted by molar-refractivity contribution is 0.306. The van der Waals surface area contributed by atoms with Crippen LogP contribution in [0, 0.1) is 0 Å². The van der Waals surface area contributed by atoms with E-state index < -0.39 is 0 Å². The molecule has 0 spiro atoms. The van der Waals surface area contributed by atoms with Crippen molar-refractivity contribution in [2.45, 2.75) is 6.61 Å². The fourth-order valence-electron chi connectivity index (χ4n) is 1.11. The molecule has 0 aliphatic carbocycles. The fourth-order valence-corrected chi connectivity index (χ4v) is 1.56. The van der Waals surface area contributed by atoms with Gasteiger partial charge >= 0.3 is 0 Å². The largest absolute Gasteiger partial charge is 0.486 e. The van der Waals surface area contributed by atoms with E-state index in [1.54, 1.807) is 12.4 Å². The van der Waals surface area contributed by atoms with Gasteiger partial charge in [-0.2, -0.15) is 5.10 Å². The van der Waals surface area contributed by atoms with E-state index in [1.165, 1.54) is 0 Å². The number of hydrogen-bond acceptors (Lipinski definition) is 2. The third kappa shape index (κ3) is 2.35. The van der Waals surface area contributed by atoms with Crippen LogP contribution in [0.1, 0.15) is 5.56 Å². The number of benzene rings is 1. The van der Waals surface area contributed by atoms with Gasteiger partial charge < -0.3 is 4.74 Å². The smallest absolute Gasteiger partial charge is 0.157 e. The van der Waals surface area contributed by atoms with Crippen LogP contribution in [0.15, 0.2) is 41.1 Å². The van der Waals surface area contributed by atoms with Crippen LogP contribution in [0.25, 0.3) is 0 Å². The van der Waals surface area contributed by atoms with E-state index in [9.17, 15) is 0 Å². The van der Waals surface area contributed by atoms with E-state index in [2.05, 4.69) is 26.1 Å². The van der Waals surface area contributed by atoms with Crippen molar-refractivity contribution >= 4 is 15.9 Å². The summed E-state index contributed by atoms with van der Waals surface area (Å²) in [5, 5.41) is 6.49. The molecule has 0 unspecified atom stereocenters. The Morgan fingerprint density at radius 1 is 1.43 bits per heavy atom. The highest BCUT2D eigenvalue weighted by Gasteiger charge is 1.96. The molecule has 2 aromatic rings. The Kier molecular flexibility index (Phi) is 2.84. The monoisotopic (exact) mass is 252 g/mol. The molecule has 1 heterocycles. The number of aromatic nitrogens is 2. The lowest BCUT2D eigenvalue weighted by atomic mass is 10.2. The number of hydrogen-bond donors (Lipinski definition) is 1. The molecule has 3 nitrogen and oxygen atoms in total. The summed E-state index contributed by atoms with van der Waals surface area (Å²) in [6.45, 7) is 0.555. The van der Waals surface area contributed by atoms with Crippen molar-refractivity contribution in [3.05, 3.63) is 46.7 Å². The highest BCUT2D eigenvalue weighted by atomic mass is 79.9. The first-order valence-electron chi connectivity index (χ1n) is 4.20. The number of rotatable bonds is 3. The van der Waals surface area contributed by atoms with Gasteiger partial charge in [-0.15, -0.1) is 0 Å². The van der Waals surface area contributed by atoms with E-state index in [1.807, 2.05) is 24.3 Å². The molecule has 1 N–H and O–H groups in total. The third-order valence-electron chi connectivity index (χ3n) is 1.77. The van der Waals surface area contributed by atoms with Crippen molar-refractivity contribution in [2.75, 3.05) is 0 Å². The van der Waals surface area contributed by atoms with Gasteiger partial charge in [-0.05, 0) is 17.7 Å². The second-order valence-corrected chi connectivity index (χ2v) is 3.77. The minimum atomic E-state index is 0.555. The molecule has 1 aromatic heterocycles. The van der Waals surface area contributed by atoms with Crippen LogP contribution in [0.5, 0.6) is 5.75 Å². The molecule has 1 aromatic carbocycles. The summed E-state index contributed by atoms with van der Waals surface area (Å²) in [5.74, 6) is 0.755. The van der Waals surface area contributed by atoms with Gasteiger partial charge in [0.25, 0.3) is 0 Å². The molecule has 0 saturated heterocycles. The number of nitrogens with zero attached hydrogens (tertiary/aromatic N) is 1. The van der Waals surface area contributed by atoms with Crippen LogP contribution in [0.3, 0.4) is 0 Å². The van der Waals surface area contributed by atoms with Crippen molar-refractivity contribution < 1.29 is 4.74 Å². The van der Waals surface area contributed by atoms with Crippen LogP contribution in [-0.2, 0) is 6.61 Å². The highest BCUT2D eigenvalue weighted by Crippen LogP contribution is 2.14. The van der Waals surface area contributed by atoms with E-state index >= 15 is 0 Å². The van der Waals surface area contributed by atoms with E-state index in [-0.39, 0.29) is 0 Å². The Morgan fingerprint density at radius 3 is 3.07 bits per heavy atom. The predicted molar refractivity (Wildman–Crippen MR) is 57.1 cm³/mol. The SMILES string of the molecule is Brc1cccc(COc2cn[nH]c2)c1. The van der Waals surface area contributed by atoms with Gasteiger partial charge in [0.1, 0.15) is 6.61 Å². The quantitative estimate of drug-likeness (QED) is 0.913. The van der Waals surface area contributed by atoms with E-state index in [4.69, 9.17) is 4.74 Å². The van der Waals surface area contributed by atoms with Crippen molar-refractivity contribution in [3.8, 4) is 5.75 Å². The van der Waals surface area contributed by atoms with Crippen LogP contribution in [-0.4, -0.2) is 10.2 Å². The van der Waals surface area contributed by atoms with Gasteiger partial charge in [-0.25, -0.2) is 0 Å². The van der Waals surface area contributed by atoms with Crippen LogP contribution in [0.4, 0.5) is 0 Å². The van der Waals surface area contributed by atoms with Crippen LogP contribution in [0.2, 0.25) is 0 Å².